The number of amides is 1. The zero-order valence-electron chi connectivity index (χ0n) is 15.9. The number of nitrogens with zero attached hydrogens (tertiary/aromatic N) is 2. The van der Waals surface area contributed by atoms with Crippen LogP contribution in [0.25, 0.3) is 0 Å². The van der Waals surface area contributed by atoms with Gasteiger partial charge in [0.05, 0.1) is 35.5 Å². The summed E-state index contributed by atoms with van der Waals surface area (Å²) in [7, 11) is 0. The van der Waals surface area contributed by atoms with Crippen LogP contribution in [0.2, 0.25) is 5.02 Å². The first-order chi connectivity index (χ1) is 14.6. The number of rotatable bonds is 5. The SMILES string of the molecule is N#CC1=C(SCC(=O)Nc2cccc(Cl)c2)N=C2CCCC(=O)[C@@H]2[C@@H]1c1ccco1. The molecule has 0 unspecified atom stereocenters. The highest BCUT2D eigenvalue weighted by Gasteiger charge is 2.43. The Morgan fingerprint density at radius 3 is 2.90 bits per heavy atom. The van der Waals surface area contributed by atoms with Crippen molar-refractivity contribution in [1.82, 2.24) is 0 Å². The lowest BCUT2D eigenvalue weighted by molar-refractivity contribution is -0.122. The van der Waals surface area contributed by atoms with E-state index in [0.29, 0.717) is 39.9 Å². The quantitative estimate of drug-likeness (QED) is 0.711. The van der Waals surface area contributed by atoms with Crippen LogP contribution in [0.1, 0.15) is 30.9 Å². The van der Waals surface area contributed by atoms with Crippen molar-refractivity contribution in [3.05, 3.63) is 64.0 Å². The standard InChI is InChI=1S/C22H18ClN3O3S/c23-13-4-1-5-14(10-13)25-19(28)12-30-22-15(11-24)20(18-8-3-9-29-18)21-16(26-22)6-2-7-17(21)27/h1,3-5,8-10,20-21H,2,6-7,12H2,(H,25,28)/t20-,21+/m0/s1. The lowest BCUT2D eigenvalue weighted by Crippen LogP contribution is -2.37. The van der Waals surface area contributed by atoms with E-state index >= 15 is 0 Å². The number of hydrogen-bond donors (Lipinski definition) is 1. The summed E-state index contributed by atoms with van der Waals surface area (Å²) in [5.41, 5.74) is 1.74. The number of furan rings is 1. The Hall–Kier alpha value is -2.82. The van der Waals surface area contributed by atoms with Gasteiger partial charge in [-0.3, -0.25) is 9.59 Å². The fourth-order valence-corrected chi connectivity index (χ4v) is 4.87. The molecule has 1 aliphatic carbocycles. The van der Waals surface area contributed by atoms with Crippen molar-refractivity contribution in [1.29, 1.82) is 5.26 Å². The first-order valence-electron chi connectivity index (χ1n) is 9.53. The first-order valence-corrected chi connectivity index (χ1v) is 10.9. The van der Waals surface area contributed by atoms with E-state index in [4.69, 9.17) is 16.0 Å². The molecule has 0 radical (unpaired) electrons. The molecule has 6 nitrogen and oxygen atoms in total. The Bertz CT molecular complexity index is 1090. The summed E-state index contributed by atoms with van der Waals surface area (Å²) in [5.74, 6) is -0.470. The number of nitrogens with one attached hydrogen (secondary N) is 1. The van der Waals surface area contributed by atoms with Gasteiger partial charge in [-0.2, -0.15) is 5.26 Å². The monoisotopic (exact) mass is 439 g/mol. The molecule has 1 aromatic heterocycles. The molecule has 0 bridgehead atoms. The van der Waals surface area contributed by atoms with Crippen LogP contribution in [0.5, 0.6) is 0 Å². The average molecular weight is 440 g/mol. The van der Waals surface area contributed by atoms with Crippen molar-refractivity contribution >= 4 is 46.5 Å². The summed E-state index contributed by atoms with van der Waals surface area (Å²) >= 11 is 7.14. The van der Waals surface area contributed by atoms with Crippen molar-refractivity contribution in [2.75, 3.05) is 11.1 Å². The van der Waals surface area contributed by atoms with Crippen molar-refractivity contribution in [3.63, 3.8) is 0 Å². The highest BCUT2D eigenvalue weighted by molar-refractivity contribution is 8.03. The zero-order valence-corrected chi connectivity index (χ0v) is 17.5. The van der Waals surface area contributed by atoms with Crippen LogP contribution in [0.15, 0.2) is 62.7 Å². The fourth-order valence-electron chi connectivity index (χ4n) is 3.83. The van der Waals surface area contributed by atoms with Gasteiger partial charge in [-0.1, -0.05) is 29.4 Å². The third kappa shape index (κ3) is 4.20. The Morgan fingerprint density at radius 2 is 2.17 bits per heavy atom. The fraction of sp³-hybridized carbons (Fsp3) is 0.273. The number of thioether (sulfide) groups is 1. The van der Waals surface area contributed by atoms with Gasteiger partial charge < -0.3 is 9.73 Å². The molecule has 152 valence electrons. The average Bonchev–Trinajstić information content (AvgIpc) is 3.26. The molecular weight excluding hydrogens is 422 g/mol. The van der Waals surface area contributed by atoms with E-state index in [1.807, 2.05) is 0 Å². The maximum absolute atomic E-state index is 12.7. The Morgan fingerprint density at radius 1 is 1.30 bits per heavy atom. The number of Topliss-reactive ketones (excluding diaryl/α,β-unsaturated/α-hetero) is 1. The predicted molar refractivity (Wildman–Crippen MR) is 116 cm³/mol. The Labute approximate surface area is 183 Å². The second-order valence-corrected chi connectivity index (χ2v) is 8.47. The van der Waals surface area contributed by atoms with E-state index in [0.717, 1.165) is 12.1 Å². The molecule has 2 atom stereocenters. The minimum Gasteiger partial charge on any atom is -0.469 e. The lowest BCUT2D eigenvalue weighted by atomic mass is 9.72. The van der Waals surface area contributed by atoms with Crippen LogP contribution >= 0.6 is 23.4 Å². The minimum atomic E-state index is -0.496. The molecule has 4 rings (SSSR count). The maximum atomic E-state index is 12.7. The van der Waals surface area contributed by atoms with Crippen LogP contribution in [0.4, 0.5) is 5.69 Å². The summed E-state index contributed by atoms with van der Waals surface area (Å²) in [6, 6.07) is 12.6. The Balaban J connectivity index is 1.58. The number of ketones is 1. The third-order valence-electron chi connectivity index (χ3n) is 5.10. The van der Waals surface area contributed by atoms with Crippen molar-refractivity contribution in [2.45, 2.75) is 25.2 Å². The van der Waals surface area contributed by atoms with Crippen molar-refractivity contribution < 1.29 is 14.0 Å². The van der Waals surface area contributed by atoms with Crippen LogP contribution in [0, 0.1) is 17.2 Å². The van der Waals surface area contributed by atoms with Crippen molar-refractivity contribution in [3.8, 4) is 6.07 Å². The van der Waals surface area contributed by atoms with Gasteiger partial charge in [0.2, 0.25) is 5.91 Å². The summed E-state index contributed by atoms with van der Waals surface area (Å²) in [5, 5.41) is 13.7. The molecule has 1 aromatic carbocycles. The predicted octanol–water partition coefficient (Wildman–Crippen LogP) is 4.95. The molecule has 1 amide bonds. The third-order valence-corrected chi connectivity index (χ3v) is 6.33. The second kappa shape index (κ2) is 8.90. The van der Waals surface area contributed by atoms with Gasteiger partial charge in [0.1, 0.15) is 16.6 Å². The normalized spacial score (nSPS) is 20.9. The van der Waals surface area contributed by atoms with Gasteiger partial charge >= 0.3 is 0 Å². The van der Waals surface area contributed by atoms with Gasteiger partial charge in [-0.15, -0.1) is 0 Å². The first kappa shape index (κ1) is 20.5. The topological polar surface area (TPSA) is 95.5 Å². The van der Waals surface area contributed by atoms with E-state index in [1.54, 1.807) is 36.4 Å². The summed E-state index contributed by atoms with van der Waals surface area (Å²) in [6.45, 7) is 0. The van der Waals surface area contributed by atoms with Gasteiger partial charge in [-0.05, 0) is 43.2 Å². The number of nitriles is 1. The number of allylic oxidation sites excluding steroid dienone is 1. The van der Waals surface area contributed by atoms with E-state index in [2.05, 4.69) is 16.4 Å². The van der Waals surface area contributed by atoms with Gasteiger partial charge in [0.25, 0.3) is 0 Å². The van der Waals surface area contributed by atoms with Crippen LogP contribution in [0.3, 0.4) is 0 Å². The molecule has 8 heteroatoms. The molecule has 0 spiro atoms. The van der Waals surface area contributed by atoms with E-state index < -0.39 is 11.8 Å². The minimum absolute atomic E-state index is 0.0767. The number of fused-ring (bicyclic) bond motifs is 1. The van der Waals surface area contributed by atoms with Crippen LogP contribution in [-0.2, 0) is 9.59 Å². The number of carbonyl (C=O) groups excluding carboxylic acids is 2. The van der Waals surface area contributed by atoms with E-state index in [-0.39, 0.29) is 17.4 Å². The summed E-state index contributed by atoms with van der Waals surface area (Å²) in [4.78, 5) is 29.7. The summed E-state index contributed by atoms with van der Waals surface area (Å²) < 4.78 is 5.57. The Kier molecular flexibility index (Phi) is 6.07. The highest BCUT2D eigenvalue weighted by Crippen LogP contribution is 2.45. The van der Waals surface area contributed by atoms with E-state index in [9.17, 15) is 14.9 Å². The van der Waals surface area contributed by atoms with Gasteiger partial charge in [-0.25, -0.2) is 4.99 Å². The zero-order chi connectivity index (χ0) is 21.1. The second-order valence-electron chi connectivity index (χ2n) is 7.07. The largest absolute Gasteiger partial charge is 0.469 e. The number of halogens is 1. The molecule has 2 aromatic rings. The molecule has 1 N–H and O–H groups in total. The van der Waals surface area contributed by atoms with Crippen LogP contribution in [-0.4, -0.2) is 23.2 Å². The molecule has 1 saturated carbocycles. The van der Waals surface area contributed by atoms with E-state index in [1.165, 1.54) is 18.0 Å². The van der Waals surface area contributed by atoms with Crippen LogP contribution < -0.4 is 5.32 Å². The molecule has 2 heterocycles. The highest BCUT2D eigenvalue weighted by atomic mass is 35.5. The summed E-state index contributed by atoms with van der Waals surface area (Å²) in [6.07, 6.45) is 3.46. The lowest BCUT2D eigenvalue weighted by Gasteiger charge is -2.33. The number of benzene rings is 1. The maximum Gasteiger partial charge on any atom is 0.234 e. The molecule has 30 heavy (non-hydrogen) atoms. The molecule has 0 saturated heterocycles. The number of anilines is 1. The molecule has 1 aliphatic heterocycles. The number of aliphatic imine (C=N–C) groups is 1. The van der Waals surface area contributed by atoms with Gasteiger partial charge in [0.15, 0.2) is 0 Å². The smallest absolute Gasteiger partial charge is 0.234 e. The molecule has 2 aliphatic rings. The molecular formula is C22H18ClN3O3S. The van der Waals surface area contributed by atoms with Gasteiger partial charge in [0, 0.05) is 22.8 Å². The van der Waals surface area contributed by atoms with Crippen molar-refractivity contribution in [2.24, 2.45) is 10.9 Å². The number of carbonyl (C=O) groups is 2. The molecule has 1 fully saturated rings. The number of hydrogen-bond acceptors (Lipinski definition) is 6.